The van der Waals surface area contributed by atoms with Crippen molar-refractivity contribution in [2.75, 3.05) is 29.9 Å². The molecule has 30 heavy (non-hydrogen) atoms. The second-order valence-electron chi connectivity index (χ2n) is 6.99. The second kappa shape index (κ2) is 9.71. The number of non-ortho nitro benzene ring substituents is 1. The Labute approximate surface area is 179 Å². The van der Waals surface area contributed by atoms with Crippen LogP contribution in [0.25, 0.3) is 0 Å². The van der Waals surface area contributed by atoms with Crippen LogP contribution in [0.2, 0.25) is 0 Å². The summed E-state index contributed by atoms with van der Waals surface area (Å²) in [5.41, 5.74) is 1.05. The fourth-order valence-electron chi connectivity index (χ4n) is 3.47. The molecule has 2 heterocycles. The summed E-state index contributed by atoms with van der Waals surface area (Å²) in [6.07, 6.45) is 3.86. The molecule has 8 nitrogen and oxygen atoms in total. The Hall–Kier alpha value is -2.94. The Bertz CT molecular complexity index is 950. The van der Waals surface area contributed by atoms with Crippen molar-refractivity contribution in [3.8, 4) is 0 Å². The molecule has 1 N–H and O–H groups in total. The van der Waals surface area contributed by atoms with Gasteiger partial charge in [-0.05, 0) is 44.7 Å². The third-order valence-electron chi connectivity index (χ3n) is 4.99. The van der Waals surface area contributed by atoms with Crippen LogP contribution in [0, 0.1) is 10.1 Å². The van der Waals surface area contributed by atoms with Gasteiger partial charge in [-0.15, -0.1) is 11.3 Å². The van der Waals surface area contributed by atoms with Crippen LogP contribution in [0.5, 0.6) is 0 Å². The molecular formula is C21H25N3O5S. The molecular weight excluding hydrogens is 406 g/mol. The molecule has 1 aliphatic heterocycles. The van der Waals surface area contributed by atoms with Crippen molar-refractivity contribution in [3.63, 3.8) is 0 Å². The first-order chi connectivity index (χ1) is 14.4. The van der Waals surface area contributed by atoms with E-state index in [0.29, 0.717) is 22.7 Å². The molecule has 0 aliphatic carbocycles. The fourth-order valence-corrected chi connectivity index (χ4v) is 4.45. The van der Waals surface area contributed by atoms with Gasteiger partial charge in [0.1, 0.15) is 5.00 Å². The molecule has 1 aliphatic rings. The zero-order valence-electron chi connectivity index (χ0n) is 17.1. The number of anilines is 2. The van der Waals surface area contributed by atoms with Crippen LogP contribution in [0.15, 0.2) is 24.3 Å². The standard InChI is InChI=1S/C21H25N3O5S/c1-3-15-13-17(21(26)29-4-2)20(30-15)22-19(25)16-12-14(24(27)28)8-9-18(16)23-10-6-5-7-11-23/h8-9,12-13H,3-7,10-11H2,1-2H3,(H,22,25). The van der Waals surface area contributed by atoms with Gasteiger partial charge in [-0.3, -0.25) is 14.9 Å². The number of aryl methyl sites for hydroxylation is 1. The van der Waals surface area contributed by atoms with E-state index in [1.165, 1.54) is 23.5 Å². The molecule has 0 unspecified atom stereocenters. The molecule has 1 fully saturated rings. The van der Waals surface area contributed by atoms with Gasteiger partial charge in [-0.2, -0.15) is 0 Å². The molecule has 2 aromatic rings. The van der Waals surface area contributed by atoms with Gasteiger partial charge in [0, 0.05) is 30.1 Å². The Morgan fingerprint density at radius 2 is 1.90 bits per heavy atom. The van der Waals surface area contributed by atoms with Crippen molar-refractivity contribution in [2.24, 2.45) is 0 Å². The highest BCUT2D eigenvalue weighted by atomic mass is 32.1. The number of benzene rings is 1. The lowest BCUT2D eigenvalue weighted by molar-refractivity contribution is -0.384. The molecule has 0 bridgehead atoms. The molecule has 0 atom stereocenters. The van der Waals surface area contributed by atoms with Gasteiger partial charge >= 0.3 is 5.97 Å². The minimum absolute atomic E-state index is 0.146. The Morgan fingerprint density at radius 3 is 2.53 bits per heavy atom. The number of carbonyl (C=O) groups excluding carboxylic acids is 2. The molecule has 1 saturated heterocycles. The van der Waals surface area contributed by atoms with E-state index < -0.39 is 16.8 Å². The van der Waals surface area contributed by atoms with E-state index in [0.717, 1.165) is 37.2 Å². The zero-order chi connectivity index (χ0) is 21.7. The largest absolute Gasteiger partial charge is 0.462 e. The number of nitro groups is 1. The number of piperidine rings is 1. The highest BCUT2D eigenvalue weighted by Crippen LogP contribution is 2.32. The number of carbonyl (C=O) groups is 2. The van der Waals surface area contributed by atoms with E-state index in [1.54, 1.807) is 19.1 Å². The summed E-state index contributed by atoms with van der Waals surface area (Å²) in [6, 6.07) is 6.08. The zero-order valence-corrected chi connectivity index (χ0v) is 17.9. The third kappa shape index (κ3) is 4.79. The number of hydrogen-bond donors (Lipinski definition) is 1. The van der Waals surface area contributed by atoms with E-state index in [4.69, 9.17) is 4.74 Å². The number of hydrogen-bond acceptors (Lipinski definition) is 7. The summed E-state index contributed by atoms with van der Waals surface area (Å²) in [4.78, 5) is 39.3. The van der Waals surface area contributed by atoms with Crippen LogP contribution in [-0.4, -0.2) is 36.5 Å². The van der Waals surface area contributed by atoms with Crippen LogP contribution in [0.3, 0.4) is 0 Å². The van der Waals surface area contributed by atoms with Crippen LogP contribution >= 0.6 is 11.3 Å². The van der Waals surface area contributed by atoms with Crippen molar-refractivity contribution < 1.29 is 19.2 Å². The van der Waals surface area contributed by atoms with Crippen LogP contribution in [0.4, 0.5) is 16.4 Å². The van der Waals surface area contributed by atoms with Gasteiger partial charge in [-0.25, -0.2) is 4.79 Å². The molecule has 0 saturated carbocycles. The maximum atomic E-state index is 13.2. The third-order valence-corrected chi connectivity index (χ3v) is 6.18. The molecule has 1 amide bonds. The van der Waals surface area contributed by atoms with Gasteiger partial charge in [0.2, 0.25) is 0 Å². The lowest BCUT2D eigenvalue weighted by Crippen LogP contribution is -2.31. The van der Waals surface area contributed by atoms with E-state index in [2.05, 4.69) is 10.2 Å². The van der Waals surface area contributed by atoms with Crippen molar-refractivity contribution in [3.05, 3.63) is 50.4 Å². The summed E-state index contributed by atoms with van der Waals surface area (Å²) in [5.74, 6) is -0.978. The highest BCUT2D eigenvalue weighted by molar-refractivity contribution is 7.16. The number of rotatable bonds is 7. The Morgan fingerprint density at radius 1 is 1.17 bits per heavy atom. The first-order valence-electron chi connectivity index (χ1n) is 10.1. The predicted molar refractivity (Wildman–Crippen MR) is 117 cm³/mol. The lowest BCUT2D eigenvalue weighted by atomic mass is 10.1. The molecule has 1 aromatic heterocycles. The van der Waals surface area contributed by atoms with Gasteiger partial charge in [-0.1, -0.05) is 6.92 Å². The van der Waals surface area contributed by atoms with E-state index >= 15 is 0 Å². The van der Waals surface area contributed by atoms with Gasteiger partial charge in [0.05, 0.1) is 28.3 Å². The summed E-state index contributed by atoms with van der Waals surface area (Å²) in [5, 5.41) is 14.5. The van der Waals surface area contributed by atoms with E-state index in [-0.39, 0.29) is 17.9 Å². The first-order valence-corrected chi connectivity index (χ1v) is 10.9. The normalized spacial score (nSPS) is 13.7. The summed E-state index contributed by atoms with van der Waals surface area (Å²) >= 11 is 1.31. The van der Waals surface area contributed by atoms with E-state index in [1.807, 2.05) is 6.92 Å². The smallest absolute Gasteiger partial charge is 0.341 e. The Balaban J connectivity index is 1.96. The summed E-state index contributed by atoms with van der Waals surface area (Å²) in [7, 11) is 0. The Kier molecular flexibility index (Phi) is 7.04. The number of nitrogens with zero attached hydrogens (tertiary/aromatic N) is 2. The average Bonchev–Trinajstić information content (AvgIpc) is 3.17. The van der Waals surface area contributed by atoms with Crippen LogP contribution in [0.1, 0.15) is 58.7 Å². The lowest BCUT2D eigenvalue weighted by Gasteiger charge is -2.30. The molecule has 0 spiro atoms. The maximum Gasteiger partial charge on any atom is 0.341 e. The van der Waals surface area contributed by atoms with Crippen molar-refractivity contribution in [1.82, 2.24) is 0 Å². The van der Waals surface area contributed by atoms with Crippen molar-refractivity contribution in [1.29, 1.82) is 0 Å². The predicted octanol–water partition coefficient (Wildman–Crippen LogP) is 4.64. The molecule has 3 rings (SSSR count). The highest BCUT2D eigenvalue weighted by Gasteiger charge is 2.24. The van der Waals surface area contributed by atoms with E-state index in [9.17, 15) is 19.7 Å². The van der Waals surface area contributed by atoms with Gasteiger partial charge < -0.3 is 15.0 Å². The molecule has 9 heteroatoms. The number of ether oxygens (including phenoxy) is 1. The number of thiophene rings is 1. The number of amides is 1. The van der Waals surface area contributed by atoms with Crippen molar-refractivity contribution in [2.45, 2.75) is 39.5 Å². The monoisotopic (exact) mass is 431 g/mol. The molecule has 0 radical (unpaired) electrons. The first kappa shape index (κ1) is 21.8. The fraction of sp³-hybridized carbons (Fsp3) is 0.429. The van der Waals surface area contributed by atoms with Crippen molar-refractivity contribution >= 4 is 39.6 Å². The molecule has 1 aromatic carbocycles. The number of esters is 1. The van der Waals surface area contributed by atoms with Crippen LogP contribution in [-0.2, 0) is 11.2 Å². The van der Waals surface area contributed by atoms with Gasteiger partial charge in [0.25, 0.3) is 11.6 Å². The minimum atomic E-state index is -0.513. The maximum absolute atomic E-state index is 13.2. The topological polar surface area (TPSA) is 102 Å². The summed E-state index contributed by atoms with van der Waals surface area (Å²) in [6.45, 7) is 5.50. The SMILES string of the molecule is CCOC(=O)c1cc(CC)sc1NC(=O)c1cc([N+](=O)[O-])ccc1N1CCCCC1. The molecule has 160 valence electrons. The number of nitrogens with one attached hydrogen (secondary N) is 1. The minimum Gasteiger partial charge on any atom is -0.462 e. The number of nitro benzene ring substituents is 1. The second-order valence-corrected chi connectivity index (χ2v) is 8.13. The quantitative estimate of drug-likeness (QED) is 0.389. The van der Waals surface area contributed by atoms with Gasteiger partial charge in [0.15, 0.2) is 0 Å². The average molecular weight is 432 g/mol. The van der Waals surface area contributed by atoms with Crippen LogP contribution < -0.4 is 10.2 Å². The summed E-state index contributed by atoms with van der Waals surface area (Å²) < 4.78 is 5.10.